The van der Waals surface area contributed by atoms with E-state index in [0.717, 1.165) is 55.6 Å². The molecule has 0 radical (unpaired) electrons. The molecule has 2 fully saturated rings. The summed E-state index contributed by atoms with van der Waals surface area (Å²) in [5.41, 5.74) is 3.22. The van der Waals surface area contributed by atoms with Gasteiger partial charge >= 0.3 is 0 Å². The first-order valence-corrected chi connectivity index (χ1v) is 13.8. The molecule has 0 atom stereocenters. The summed E-state index contributed by atoms with van der Waals surface area (Å²) in [5.74, 6) is 1.11. The van der Waals surface area contributed by atoms with Crippen LogP contribution in [-0.2, 0) is 5.60 Å². The van der Waals surface area contributed by atoms with Crippen LogP contribution in [0, 0.1) is 5.92 Å². The Kier molecular flexibility index (Phi) is 7.99. The number of Topliss-reactive ketones (excluding diaryl/α,β-unsaturated/α-hetero) is 1. The largest absolute Gasteiger partial charge is 0.380 e. The van der Waals surface area contributed by atoms with E-state index in [1.807, 2.05) is 72.8 Å². The average Bonchev–Trinajstić information content (AvgIpc) is 3.49. The summed E-state index contributed by atoms with van der Waals surface area (Å²) in [7, 11) is 0. The van der Waals surface area contributed by atoms with Crippen LogP contribution in [0.5, 0.6) is 0 Å². The lowest BCUT2D eigenvalue weighted by Crippen LogP contribution is -2.44. The summed E-state index contributed by atoms with van der Waals surface area (Å²) >= 11 is 0. The van der Waals surface area contributed by atoms with E-state index in [1.54, 1.807) is 0 Å². The van der Waals surface area contributed by atoms with Crippen LogP contribution < -0.4 is 0 Å². The van der Waals surface area contributed by atoms with Gasteiger partial charge in [0, 0.05) is 12.0 Å². The molecule has 0 unspecified atom stereocenters. The van der Waals surface area contributed by atoms with E-state index in [4.69, 9.17) is 0 Å². The molecule has 1 heterocycles. The molecule has 1 saturated carbocycles. The maximum absolute atomic E-state index is 12.8. The van der Waals surface area contributed by atoms with E-state index in [9.17, 15) is 9.90 Å². The Morgan fingerprint density at radius 1 is 0.778 bits per heavy atom. The van der Waals surface area contributed by atoms with Gasteiger partial charge in [-0.2, -0.15) is 0 Å². The number of piperidine rings is 1. The van der Waals surface area contributed by atoms with E-state index in [2.05, 4.69) is 17.0 Å². The molecule has 0 aromatic heterocycles. The molecule has 1 N–H and O–H groups in total. The van der Waals surface area contributed by atoms with Crippen molar-refractivity contribution in [1.82, 2.24) is 4.90 Å². The molecule has 5 rings (SSSR count). The normalized spacial score (nSPS) is 17.9. The first-order valence-electron chi connectivity index (χ1n) is 13.8. The summed E-state index contributed by atoms with van der Waals surface area (Å²) in [4.78, 5) is 15.2. The summed E-state index contributed by atoms with van der Waals surface area (Å²) in [6.45, 7) is 2.85. The number of benzene rings is 3. The van der Waals surface area contributed by atoms with Crippen LogP contribution in [0.3, 0.4) is 0 Å². The van der Waals surface area contributed by atoms with Gasteiger partial charge in [0.15, 0.2) is 5.78 Å². The highest BCUT2D eigenvalue weighted by molar-refractivity contribution is 5.96. The number of rotatable bonds is 9. The van der Waals surface area contributed by atoms with E-state index in [1.165, 1.54) is 31.2 Å². The molecule has 2 aliphatic rings. The SMILES string of the molecule is O=C(CCCN1CCC(C(O)(c2ccccc2)c2ccccc2)CC1)c1ccc(C2CCCC2)cc1. The molecule has 1 aliphatic carbocycles. The second kappa shape index (κ2) is 11.5. The fourth-order valence-electron chi connectivity index (χ4n) is 6.40. The van der Waals surface area contributed by atoms with Crippen LogP contribution >= 0.6 is 0 Å². The van der Waals surface area contributed by atoms with Crippen molar-refractivity contribution in [3.63, 3.8) is 0 Å². The summed E-state index contributed by atoms with van der Waals surface area (Å²) in [6.07, 6.45) is 8.61. The molecule has 0 bridgehead atoms. The van der Waals surface area contributed by atoms with Crippen molar-refractivity contribution in [1.29, 1.82) is 0 Å². The fourth-order valence-corrected chi connectivity index (χ4v) is 6.40. The van der Waals surface area contributed by atoms with E-state index >= 15 is 0 Å². The summed E-state index contributed by atoms with van der Waals surface area (Å²) < 4.78 is 0. The van der Waals surface area contributed by atoms with E-state index < -0.39 is 5.60 Å². The predicted octanol–water partition coefficient (Wildman–Crippen LogP) is 6.96. The van der Waals surface area contributed by atoms with Crippen LogP contribution in [0.25, 0.3) is 0 Å². The first-order chi connectivity index (χ1) is 17.6. The number of carbonyl (C=O) groups is 1. The Labute approximate surface area is 216 Å². The van der Waals surface area contributed by atoms with Gasteiger partial charge in [0.05, 0.1) is 0 Å². The highest BCUT2D eigenvalue weighted by Crippen LogP contribution is 2.42. The quantitative estimate of drug-likeness (QED) is 0.336. The minimum absolute atomic E-state index is 0.165. The van der Waals surface area contributed by atoms with Crippen LogP contribution in [0.1, 0.15) is 84.3 Å². The average molecular weight is 482 g/mol. The zero-order valence-electron chi connectivity index (χ0n) is 21.3. The zero-order valence-corrected chi connectivity index (χ0v) is 21.3. The third kappa shape index (κ3) is 5.48. The molecular weight excluding hydrogens is 442 g/mol. The lowest BCUT2D eigenvalue weighted by Gasteiger charge is -2.42. The lowest BCUT2D eigenvalue weighted by molar-refractivity contribution is -0.0142. The molecule has 3 nitrogen and oxygen atoms in total. The minimum Gasteiger partial charge on any atom is -0.380 e. The first kappa shape index (κ1) is 24.9. The van der Waals surface area contributed by atoms with Gasteiger partial charge in [-0.15, -0.1) is 0 Å². The third-order valence-electron chi connectivity index (χ3n) is 8.54. The van der Waals surface area contributed by atoms with Crippen LogP contribution in [0.2, 0.25) is 0 Å². The van der Waals surface area contributed by atoms with Crippen molar-refractivity contribution in [3.8, 4) is 0 Å². The third-order valence-corrected chi connectivity index (χ3v) is 8.54. The van der Waals surface area contributed by atoms with Crippen molar-refractivity contribution in [2.45, 2.75) is 62.9 Å². The highest BCUT2D eigenvalue weighted by atomic mass is 16.3. The Bertz CT molecular complexity index is 1060. The molecule has 0 spiro atoms. The maximum atomic E-state index is 12.8. The van der Waals surface area contributed by atoms with Gasteiger partial charge < -0.3 is 10.0 Å². The molecular formula is C33H39NO2. The second-order valence-electron chi connectivity index (χ2n) is 10.7. The van der Waals surface area contributed by atoms with E-state index in [-0.39, 0.29) is 11.7 Å². The summed E-state index contributed by atoms with van der Waals surface area (Å²) in [6, 6.07) is 28.7. The van der Waals surface area contributed by atoms with Crippen molar-refractivity contribution in [3.05, 3.63) is 107 Å². The minimum atomic E-state index is -0.977. The lowest BCUT2D eigenvalue weighted by atomic mass is 9.72. The van der Waals surface area contributed by atoms with Crippen LogP contribution in [0.4, 0.5) is 0 Å². The number of carbonyl (C=O) groups excluding carboxylic acids is 1. The molecule has 1 aliphatic heterocycles. The molecule has 3 aromatic rings. The number of hydrogen-bond donors (Lipinski definition) is 1. The van der Waals surface area contributed by atoms with Crippen LogP contribution in [-0.4, -0.2) is 35.4 Å². The van der Waals surface area contributed by atoms with Gasteiger partial charge in [-0.3, -0.25) is 4.79 Å². The molecule has 3 heteroatoms. The monoisotopic (exact) mass is 481 g/mol. The molecule has 36 heavy (non-hydrogen) atoms. The molecule has 188 valence electrons. The molecule has 3 aromatic carbocycles. The summed E-state index contributed by atoms with van der Waals surface area (Å²) in [5, 5.41) is 12.1. The van der Waals surface area contributed by atoms with Crippen LogP contribution in [0.15, 0.2) is 84.9 Å². The standard InChI is InChI=1S/C33H39NO2/c35-32(28-19-17-27(18-20-28)26-10-7-8-11-26)16-9-23-34-24-21-31(22-25-34)33(36,29-12-3-1-4-13-29)30-14-5-2-6-15-30/h1-6,12-15,17-20,26,31,36H,7-11,16,21-25H2. The smallest absolute Gasteiger partial charge is 0.162 e. The fraction of sp³-hybridized carbons (Fsp3) is 0.424. The number of hydrogen-bond acceptors (Lipinski definition) is 3. The van der Waals surface area contributed by atoms with Gasteiger partial charge in [-0.1, -0.05) is 97.8 Å². The Morgan fingerprint density at radius 3 is 1.89 bits per heavy atom. The highest BCUT2D eigenvalue weighted by Gasteiger charge is 2.41. The van der Waals surface area contributed by atoms with Crippen molar-refractivity contribution in [2.75, 3.05) is 19.6 Å². The van der Waals surface area contributed by atoms with Gasteiger partial charge in [0.25, 0.3) is 0 Å². The van der Waals surface area contributed by atoms with Gasteiger partial charge in [-0.25, -0.2) is 0 Å². The van der Waals surface area contributed by atoms with Gasteiger partial charge in [0.2, 0.25) is 0 Å². The number of nitrogens with zero attached hydrogens (tertiary/aromatic N) is 1. The number of ketones is 1. The topological polar surface area (TPSA) is 40.5 Å². The van der Waals surface area contributed by atoms with Gasteiger partial charge in [0.1, 0.15) is 5.60 Å². The Morgan fingerprint density at radius 2 is 1.33 bits per heavy atom. The van der Waals surface area contributed by atoms with Crippen molar-refractivity contribution < 1.29 is 9.90 Å². The van der Waals surface area contributed by atoms with Crippen molar-refractivity contribution in [2.24, 2.45) is 5.92 Å². The Hall–Kier alpha value is -2.75. The second-order valence-corrected chi connectivity index (χ2v) is 10.7. The Balaban J connectivity index is 1.14. The van der Waals surface area contributed by atoms with Crippen molar-refractivity contribution >= 4 is 5.78 Å². The number of aliphatic hydroxyl groups is 1. The zero-order chi connectivity index (χ0) is 24.8. The van der Waals surface area contributed by atoms with Gasteiger partial charge in [-0.05, 0) is 80.3 Å². The molecule has 1 saturated heterocycles. The number of likely N-dealkylation sites (tertiary alicyclic amines) is 1. The van der Waals surface area contributed by atoms with E-state index in [0.29, 0.717) is 12.3 Å². The predicted molar refractivity (Wildman–Crippen MR) is 146 cm³/mol. The molecule has 0 amide bonds. The maximum Gasteiger partial charge on any atom is 0.162 e.